The number of nitrogens with one attached hydrogen (secondary N) is 1. The van der Waals surface area contributed by atoms with Gasteiger partial charge in [0.15, 0.2) is 0 Å². The molecule has 2 nitrogen and oxygen atoms in total. The van der Waals surface area contributed by atoms with Gasteiger partial charge < -0.3 is 5.32 Å². The van der Waals surface area contributed by atoms with E-state index in [1.54, 1.807) is 0 Å². The van der Waals surface area contributed by atoms with Crippen LogP contribution in [0.2, 0.25) is 0 Å². The van der Waals surface area contributed by atoms with Crippen LogP contribution < -0.4 is 5.32 Å². The molecule has 17 heavy (non-hydrogen) atoms. The second kappa shape index (κ2) is 6.75. The van der Waals surface area contributed by atoms with E-state index in [9.17, 15) is 0 Å². The topological polar surface area (TPSA) is 15.3 Å². The number of rotatable bonds is 5. The smallest absolute Gasteiger partial charge is 0.0195 e. The normalized spacial score (nSPS) is 27.2. The van der Waals surface area contributed by atoms with Crippen molar-refractivity contribution in [2.75, 3.05) is 19.6 Å². The lowest BCUT2D eigenvalue weighted by molar-refractivity contribution is 0.159. The summed E-state index contributed by atoms with van der Waals surface area (Å²) in [4.78, 5) is 2.72. The highest BCUT2D eigenvalue weighted by atomic mass is 15.2. The predicted octanol–water partition coefficient (Wildman–Crippen LogP) is 3.03. The molecule has 2 heteroatoms. The maximum Gasteiger partial charge on any atom is 0.0195 e. The van der Waals surface area contributed by atoms with Gasteiger partial charge in [-0.25, -0.2) is 0 Å². The number of hydrogen-bond acceptors (Lipinski definition) is 2. The van der Waals surface area contributed by atoms with E-state index in [2.05, 4.69) is 24.1 Å². The quantitative estimate of drug-likeness (QED) is 0.792. The molecule has 1 aliphatic carbocycles. The minimum absolute atomic E-state index is 0.708. The van der Waals surface area contributed by atoms with Crippen LogP contribution in [0, 0.1) is 5.92 Å². The van der Waals surface area contributed by atoms with Gasteiger partial charge in [0.05, 0.1) is 0 Å². The predicted molar refractivity (Wildman–Crippen MR) is 74.3 cm³/mol. The van der Waals surface area contributed by atoms with Crippen LogP contribution in [0.3, 0.4) is 0 Å². The Morgan fingerprint density at radius 3 is 2.29 bits per heavy atom. The van der Waals surface area contributed by atoms with Crippen molar-refractivity contribution < 1.29 is 0 Å². The molecule has 1 saturated heterocycles. The highest BCUT2D eigenvalue weighted by molar-refractivity contribution is 4.80. The molecule has 0 spiro atoms. The van der Waals surface area contributed by atoms with Crippen molar-refractivity contribution in [2.24, 2.45) is 5.92 Å². The van der Waals surface area contributed by atoms with Crippen molar-refractivity contribution in [1.29, 1.82) is 0 Å². The van der Waals surface area contributed by atoms with Crippen LogP contribution in [0.1, 0.15) is 58.8 Å². The highest BCUT2D eigenvalue weighted by Gasteiger charge is 2.23. The van der Waals surface area contributed by atoms with Crippen LogP contribution >= 0.6 is 0 Å². The van der Waals surface area contributed by atoms with Gasteiger partial charge in [-0.3, -0.25) is 4.90 Å². The maximum absolute atomic E-state index is 3.69. The van der Waals surface area contributed by atoms with E-state index in [-0.39, 0.29) is 0 Å². The molecule has 1 aliphatic heterocycles. The Labute approximate surface area is 107 Å². The molecule has 0 aromatic carbocycles. The average Bonchev–Trinajstić information content (AvgIpc) is 2.82. The van der Waals surface area contributed by atoms with Crippen molar-refractivity contribution in [1.82, 2.24) is 10.2 Å². The Kier molecular flexibility index (Phi) is 5.30. The van der Waals surface area contributed by atoms with Crippen molar-refractivity contribution in [3.05, 3.63) is 0 Å². The van der Waals surface area contributed by atoms with Gasteiger partial charge >= 0.3 is 0 Å². The fourth-order valence-corrected chi connectivity index (χ4v) is 3.38. The van der Waals surface area contributed by atoms with Crippen molar-refractivity contribution in [3.63, 3.8) is 0 Å². The lowest BCUT2D eigenvalue weighted by atomic mass is 10.0. The average molecular weight is 238 g/mol. The third-order valence-electron chi connectivity index (χ3n) is 4.57. The SMILES string of the molecule is CC(C)N(CC1CCCC1)CC1CCCCN1. The number of nitrogens with zero attached hydrogens (tertiary/aromatic N) is 1. The molecule has 1 N–H and O–H groups in total. The van der Waals surface area contributed by atoms with Crippen LogP contribution in [0.25, 0.3) is 0 Å². The van der Waals surface area contributed by atoms with Crippen LogP contribution in [0.4, 0.5) is 0 Å². The van der Waals surface area contributed by atoms with Crippen LogP contribution in [-0.2, 0) is 0 Å². The van der Waals surface area contributed by atoms with Crippen molar-refractivity contribution >= 4 is 0 Å². The van der Waals surface area contributed by atoms with E-state index in [1.165, 1.54) is 64.6 Å². The fourth-order valence-electron chi connectivity index (χ4n) is 3.38. The lowest BCUT2D eigenvalue weighted by Gasteiger charge is -2.34. The van der Waals surface area contributed by atoms with E-state index in [4.69, 9.17) is 0 Å². The molecule has 1 heterocycles. The van der Waals surface area contributed by atoms with Crippen molar-refractivity contribution in [2.45, 2.75) is 70.9 Å². The molecule has 0 aromatic heterocycles. The zero-order chi connectivity index (χ0) is 12.1. The van der Waals surface area contributed by atoms with Gasteiger partial charge in [0.1, 0.15) is 0 Å². The van der Waals surface area contributed by atoms with E-state index in [1.807, 2.05) is 0 Å². The summed E-state index contributed by atoms with van der Waals surface area (Å²) in [6, 6.07) is 1.46. The van der Waals surface area contributed by atoms with E-state index in [0.717, 1.165) is 12.0 Å². The molecule has 2 rings (SSSR count). The first-order chi connectivity index (χ1) is 8.25. The fraction of sp³-hybridized carbons (Fsp3) is 1.00. The summed E-state index contributed by atoms with van der Waals surface area (Å²) in [5.74, 6) is 0.987. The monoisotopic (exact) mass is 238 g/mol. The first-order valence-electron chi connectivity index (χ1n) is 7.73. The molecule has 1 saturated carbocycles. The third-order valence-corrected chi connectivity index (χ3v) is 4.57. The molecule has 0 amide bonds. The summed E-state index contributed by atoms with van der Waals surface area (Å²) in [5.41, 5.74) is 0. The second-order valence-corrected chi connectivity index (χ2v) is 6.34. The summed E-state index contributed by atoms with van der Waals surface area (Å²) in [7, 11) is 0. The minimum Gasteiger partial charge on any atom is -0.313 e. The first kappa shape index (κ1) is 13.4. The Morgan fingerprint density at radius 1 is 1.00 bits per heavy atom. The molecule has 0 radical (unpaired) electrons. The maximum atomic E-state index is 3.69. The third kappa shape index (κ3) is 4.26. The Morgan fingerprint density at radius 2 is 1.71 bits per heavy atom. The van der Waals surface area contributed by atoms with Crippen molar-refractivity contribution in [3.8, 4) is 0 Å². The van der Waals surface area contributed by atoms with Crippen LogP contribution in [0.15, 0.2) is 0 Å². The number of hydrogen-bond donors (Lipinski definition) is 1. The van der Waals surface area contributed by atoms with Gasteiger partial charge in [0.25, 0.3) is 0 Å². The van der Waals surface area contributed by atoms with Crippen LogP contribution in [0.5, 0.6) is 0 Å². The molecule has 0 aromatic rings. The standard InChI is InChI=1S/C15H30N2/c1-13(2)17(11-14-7-3-4-8-14)12-15-9-5-6-10-16-15/h13-16H,3-12H2,1-2H3. The molecule has 1 unspecified atom stereocenters. The molecular weight excluding hydrogens is 208 g/mol. The minimum atomic E-state index is 0.708. The molecular formula is C15H30N2. The number of piperidine rings is 1. The van der Waals surface area contributed by atoms with Gasteiger partial charge in [-0.2, -0.15) is 0 Å². The van der Waals surface area contributed by atoms with Gasteiger partial charge in [0, 0.05) is 25.2 Å². The summed E-state index contributed by atoms with van der Waals surface area (Å²) in [6.45, 7) is 8.57. The summed E-state index contributed by atoms with van der Waals surface area (Å²) >= 11 is 0. The largest absolute Gasteiger partial charge is 0.313 e. The van der Waals surface area contributed by atoms with Gasteiger partial charge in [-0.1, -0.05) is 19.3 Å². The van der Waals surface area contributed by atoms with Crippen LogP contribution in [-0.4, -0.2) is 36.6 Å². The van der Waals surface area contributed by atoms with E-state index in [0.29, 0.717) is 6.04 Å². The summed E-state index contributed by atoms with van der Waals surface area (Å²) in [5, 5.41) is 3.69. The molecule has 1 atom stereocenters. The van der Waals surface area contributed by atoms with Gasteiger partial charge in [0.2, 0.25) is 0 Å². The van der Waals surface area contributed by atoms with E-state index < -0.39 is 0 Å². The Bertz CT molecular complexity index is 203. The van der Waals surface area contributed by atoms with E-state index >= 15 is 0 Å². The molecule has 2 aliphatic rings. The Hall–Kier alpha value is -0.0800. The zero-order valence-electron chi connectivity index (χ0n) is 11.8. The summed E-state index contributed by atoms with van der Waals surface area (Å²) < 4.78 is 0. The second-order valence-electron chi connectivity index (χ2n) is 6.34. The molecule has 100 valence electrons. The highest BCUT2D eigenvalue weighted by Crippen LogP contribution is 2.26. The lowest BCUT2D eigenvalue weighted by Crippen LogP contribution is -2.47. The molecule has 0 bridgehead atoms. The molecule has 2 fully saturated rings. The van der Waals surface area contributed by atoms with Gasteiger partial charge in [-0.05, 0) is 52.0 Å². The Balaban J connectivity index is 1.78. The summed E-state index contributed by atoms with van der Waals surface area (Å²) in [6.07, 6.45) is 10.1. The first-order valence-corrected chi connectivity index (χ1v) is 7.73. The van der Waals surface area contributed by atoms with Gasteiger partial charge in [-0.15, -0.1) is 0 Å². The zero-order valence-corrected chi connectivity index (χ0v) is 11.8.